The maximum Gasteiger partial charge on any atom is 0.282 e. The van der Waals surface area contributed by atoms with E-state index in [1.54, 1.807) is 38.1 Å². The highest BCUT2D eigenvalue weighted by molar-refractivity contribution is 7.80. The number of amides is 2. The molecule has 0 bridgehead atoms. The van der Waals surface area contributed by atoms with Crippen molar-refractivity contribution < 1.29 is 14.5 Å². The largest absolute Gasteiger partial charge is 0.332 e. The lowest BCUT2D eigenvalue weighted by molar-refractivity contribution is -0.385. The number of thiocarbonyl (C=S) groups is 1. The Morgan fingerprint density at radius 1 is 1.00 bits per heavy atom. The predicted molar refractivity (Wildman–Crippen MR) is 107 cm³/mol. The van der Waals surface area contributed by atoms with Crippen molar-refractivity contribution in [2.24, 2.45) is 5.92 Å². The van der Waals surface area contributed by atoms with Gasteiger partial charge in [-0.3, -0.25) is 25.0 Å². The molecule has 0 spiro atoms. The maximum atomic E-state index is 12.2. The van der Waals surface area contributed by atoms with E-state index in [0.717, 1.165) is 0 Å². The van der Waals surface area contributed by atoms with Gasteiger partial charge in [-0.15, -0.1) is 0 Å². The third-order valence-corrected chi connectivity index (χ3v) is 3.71. The molecule has 0 saturated heterocycles. The first kappa shape index (κ1) is 20.0. The zero-order valence-electron chi connectivity index (χ0n) is 14.7. The van der Waals surface area contributed by atoms with Crippen LogP contribution in [0.1, 0.15) is 24.2 Å². The second-order valence-electron chi connectivity index (χ2n) is 5.90. The van der Waals surface area contributed by atoms with E-state index in [1.165, 1.54) is 24.3 Å². The molecule has 0 aromatic heterocycles. The minimum Gasteiger partial charge on any atom is -0.332 e. The number of hydrogen-bond acceptors (Lipinski definition) is 5. The molecule has 2 aromatic carbocycles. The zero-order valence-corrected chi connectivity index (χ0v) is 15.5. The van der Waals surface area contributed by atoms with E-state index < -0.39 is 10.8 Å². The van der Waals surface area contributed by atoms with Gasteiger partial charge in [0.05, 0.1) is 4.92 Å². The summed E-state index contributed by atoms with van der Waals surface area (Å²) in [5.41, 5.74) is 0.834. The number of hydrogen-bond donors (Lipinski definition) is 3. The fourth-order valence-electron chi connectivity index (χ4n) is 2.08. The van der Waals surface area contributed by atoms with Crippen molar-refractivity contribution in [3.8, 4) is 0 Å². The van der Waals surface area contributed by atoms with Crippen molar-refractivity contribution in [3.63, 3.8) is 0 Å². The quantitative estimate of drug-likeness (QED) is 0.413. The van der Waals surface area contributed by atoms with Crippen molar-refractivity contribution in [1.82, 2.24) is 5.32 Å². The summed E-state index contributed by atoms with van der Waals surface area (Å²) >= 11 is 5.08. The molecule has 2 rings (SSSR count). The molecule has 27 heavy (non-hydrogen) atoms. The van der Waals surface area contributed by atoms with Gasteiger partial charge in [-0.2, -0.15) is 0 Å². The molecule has 0 atom stereocenters. The number of nitro benzene ring substituents is 1. The Morgan fingerprint density at radius 2 is 1.56 bits per heavy atom. The molecule has 0 aliphatic rings. The zero-order chi connectivity index (χ0) is 20.0. The highest BCUT2D eigenvalue weighted by atomic mass is 32.1. The SMILES string of the molecule is CC(C)C(=O)Nc1ccc(NC(=S)NC(=O)c2ccccc2[N+](=O)[O-])cc1. The number of nitrogens with one attached hydrogen (secondary N) is 3. The number of carbonyl (C=O) groups excluding carboxylic acids is 2. The fraction of sp³-hybridized carbons (Fsp3) is 0.167. The Morgan fingerprint density at radius 3 is 2.11 bits per heavy atom. The van der Waals surface area contributed by atoms with Gasteiger partial charge >= 0.3 is 0 Å². The van der Waals surface area contributed by atoms with Crippen LogP contribution in [0.4, 0.5) is 17.1 Å². The van der Waals surface area contributed by atoms with Gasteiger partial charge in [0, 0.05) is 23.4 Å². The Kier molecular flexibility index (Phi) is 6.56. The van der Waals surface area contributed by atoms with Gasteiger partial charge in [0.15, 0.2) is 5.11 Å². The molecule has 3 N–H and O–H groups in total. The second kappa shape index (κ2) is 8.86. The lowest BCUT2D eigenvalue weighted by Gasteiger charge is -2.11. The van der Waals surface area contributed by atoms with Crippen LogP contribution < -0.4 is 16.0 Å². The first-order chi connectivity index (χ1) is 12.8. The molecule has 8 nitrogen and oxygen atoms in total. The van der Waals surface area contributed by atoms with Crippen LogP contribution in [0.5, 0.6) is 0 Å². The highest BCUT2D eigenvalue weighted by Gasteiger charge is 2.19. The average molecular weight is 386 g/mol. The van der Waals surface area contributed by atoms with E-state index in [0.29, 0.717) is 11.4 Å². The van der Waals surface area contributed by atoms with E-state index in [2.05, 4.69) is 16.0 Å². The lowest BCUT2D eigenvalue weighted by atomic mass is 10.1. The number of nitro groups is 1. The summed E-state index contributed by atoms with van der Waals surface area (Å²) in [6.07, 6.45) is 0. The number of carbonyl (C=O) groups is 2. The van der Waals surface area contributed by atoms with Gasteiger partial charge in [-0.05, 0) is 42.5 Å². The van der Waals surface area contributed by atoms with Crippen LogP contribution in [0.3, 0.4) is 0 Å². The fourth-order valence-corrected chi connectivity index (χ4v) is 2.29. The molecule has 2 aromatic rings. The Balaban J connectivity index is 1.99. The molecule has 9 heteroatoms. The first-order valence-electron chi connectivity index (χ1n) is 8.04. The summed E-state index contributed by atoms with van der Waals surface area (Å²) in [5.74, 6) is -0.906. The highest BCUT2D eigenvalue weighted by Crippen LogP contribution is 2.18. The predicted octanol–water partition coefficient (Wildman–Crippen LogP) is 3.32. The Bertz CT molecular complexity index is 881. The Labute approximate surface area is 161 Å². The van der Waals surface area contributed by atoms with Crippen LogP contribution in [-0.4, -0.2) is 21.9 Å². The van der Waals surface area contributed by atoms with Crippen molar-refractivity contribution in [1.29, 1.82) is 0 Å². The number of anilines is 2. The lowest BCUT2D eigenvalue weighted by Crippen LogP contribution is -2.34. The molecule has 0 unspecified atom stereocenters. The summed E-state index contributed by atoms with van der Waals surface area (Å²) in [6.45, 7) is 3.59. The maximum absolute atomic E-state index is 12.2. The van der Waals surface area contributed by atoms with Crippen LogP contribution in [0.15, 0.2) is 48.5 Å². The molecule has 0 radical (unpaired) electrons. The summed E-state index contributed by atoms with van der Waals surface area (Å²) in [6, 6.07) is 12.3. The smallest absolute Gasteiger partial charge is 0.282 e. The van der Waals surface area contributed by atoms with Gasteiger partial charge < -0.3 is 10.6 Å². The molecule has 2 amide bonds. The molecule has 0 aliphatic carbocycles. The molecule has 140 valence electrons. The summed E-state index contributed by atoms with van der Waals surface area (Å²) in [4.78, 5) is 34.3. The average Bonchev–Trinajstić information content (AvgIpc) is 2.63. The number of nitrogens with zero attached hydrogens (tertiary/aromatic N) is 1. The van der Waals surface area contributed by atoms with Gasteiger partial charge in [0.25, 0.3) is 11.6 Å². The first-order valence-corrected chi connectivity index (χ1v) is 8.45. The van der Waals surface area contributed by atoms with Crippen LogP contribution in [0, 0.1) is 16.0 Å². The Hall–Kier alpha value is -3.33. The molecule has 0 saturated carbocycles. The van der Waals surface area contributed by atoms with E-state index >= 15 is 0 Å². The van der Waals surface area contributed by atoms with E-state index in [1.807, 2.05) is 0 Å². The van der Waals surface area contributed by atoms with Crippen molar-refractivity contribution in [3.05, 3.63) is 64.2 Å². The molecular weight excluding hydrogens is 368 g/mol. The number of para-hydroxylation sites is 1. The van der Waals surface area contributed by atoms with Crippen LogP contribution in [0.2, 0.25) is 0 Å². The standard InChI is InChI=1S/C18H18N4O4S/c1-11(2)16(23)19-12-7-9-13(10-8-12)20-18(27)21-17(24)14-5-3-4-6-15(14)22(25)26/h3-11H,1-2H3,(H,19,23)(H2,20,21,24,27). The second-order valence-corrected chi connectivity index (χ2v) is 6.31. The molecule has 0 fully saturated rings. The van der Waals surface area contributed by atoms with Crippen LogP contribution >= 0.6 is 12.2 Å². The van der Waals surface area contributed by atoms with Gasteiger partial charge in [0.2, 0.25) is 5.91 Å². The third kappa shape index (κ3) is 5.58. The van der Waals surface area contributed by atoms with Crippen molar-refractivity contribution in [2.75, 3.05) is 10.6 Å². The summed E-state index contributed by atoms with van der Waals surface area (Å²) in [7, 11) is 0. The number of benzene rings is 2. The normalized spacial score (nSPS) is 10.2. The van der Waals surface area contributed by atoms with Gasteiger partial charge in [-0.25, -0.2) is 0 Å². The number of rotatable bonds is 5. The van der Waals surface area contributed by atoms with Gasteiger partial charge in [-0.1, -0.05) is 26.0 Å². The van der Waals surface area contributed by atoms with E-state index in [-0.39, 0.29) is 28.2 Å². The van der Waals surface area contributed by atoms with Crippen molar-refractivity contribution >= 4 is 46.2 Å². The van der Waals surface area contributed by atoms with Crippen molar-refractivity contribution in [2.45, 2.75) is 13.8 Å². The molecule has 0 heterocycles. The minimum absolute atomic E-state index is 0.00267. The summed E-state index contributed by atoms with van der Waals surface area (Å²) < 4.78 is 0. The van der Waals surface area contributed by atoms with Gasteiger partial charge in [0.1, 0.15) is 5.56 Å². The molecular formula is C18H18N4O4S. The van der Waals surface area contributed by atoms with E-state index in [4.69, 9.17) is 12.2 Å². The van der Waals surface area contributed by atoms with E-state index in [9.17, 15) is 19.7 Å². The topological polar surface area (TPSA) is 113 Å². The van der Waals surface area contributed by atoms with Crippen LogP contribution in [0.25, 0.3) is 0 Å². The third-order valence-electron chi connectivity index (χ3n) is 3.51. The monoisotopic (exact) mass is 386 g/mol. The minimum atomic E-state index is -0.680. The summed E-state index contributed by atoms with van der Waals surface area (Å²) in [5, 5.41) is 19.0. The van der Waals surface area contributed by atoms with Crippen LogP contribution in [-0.2, 0) is 4.79 Å². The molecule has 0 aliphatic heterocycles.